The fourth-order valence-electron chi connectivity index (χ4n) is 9.91. The molecule has 9 aromatic carbocycles. The van der Waals surface area contributed by atoms with Crippen LogP contribution in [0.4, 0.5) is 0 Å². The maximum Gasteiger partial charge on any atom is 0.180 e. The molecule has 0 saturated heterocycles. The molecule has 0 unspecified atom stereocenters. The third-order valence-electron chi connectivity index (χ3n) is 12.6. The molecule has 288 valence electrons. The molecule has 6 nitrogen and oxygen atoms in total. The molecule has 6 heteroatoms. The van der Waals surface area contributed by atoms with Gasteiger partial charge < -0.3 is 17.8 Å². The van der Waals surface area contributed by atoms with Crippen molar-refractivity contribution in [2.75, 3.05) is 0 Å². The summed E-state index contributed by atoms with van der Waals surface area (Å²) in [6, 6.07) is 65.4. The van der Waals surface area contributed by atoms with Gasteiger partial charge in [-0.25, -0.2) is 9.97 Å². The molecule has 0 aliphatic carbocycles. The zero-order valence-electron chi connectivity index (χ0n) is 33.0. The molecule has 5 heterocycles. The number of rotatable bonds is 4. The van der Waals surface area contributed by atoms with Crippen LogP contribution in [0.15, 0.2) is 201 Å². The molecule has 0 fully saturated rings. The minimum absolute atomic E-state index is 0.619. The van der Waals surface area contributed by atoms with Gasteiger partial charge in [0.25, 0.3) is 0 Å². The van der Waals surface area contributed by atoms with E-state index in [4.69, 9.17) is 23.2 Å². The summed E-state index contributed by atoms with van der Waals surface area (Å²) >= 11 is 0. The molecule has 0 aliphatic rings. The molecule has 0 atom stereocenters. The first-order valence-electron chi connectivity index (χ1n) is 20.8. The van der Waals surface area contributed by atoms with Crippen LogP contribution < -0.4 is 0 Å². The zero-order chi connectivity index (χ0) is 40.5. The van der Waals surface area contributed by atoms with Crippen LogP contribution in [0.3, 0.4) is 0 Å². The van der Waals surface area contributed by atoms with Gasteiger partial charge in [0.05, 0.1) is 22.1 Å². The van der Waals surface area contributed by atoms with Gasteiger partial charge in [-0.1, -0.05) is 133 Å². The van der Waals surface area contributed by atoms with Gasteiger partial charge in [-0.05, 0) is 70.9 Å². The number of benzene rings is 9. The molecule has 0 radical (unpaired) electrons. The van der Waals surface area contributed by atoms with E-state index in [9.17, 15) is 0 Å². The first kappa shape index (κ1) is 33.4. The normalized spacial score (nSPS) is 12.2. The van der Waals surface area contributed by atoms with Crippen molar-refractivity contribution < 1.29 is 13.3 Å². The Morgan fingerprint density at radius 2 is 1.06 bits per heavy atom. The number of para-hydroxylation sites is 3. The molecular formula is C56H31N3O3. The standard InChI is InChI=1S/C56H31N3O3/c1-2-14-33(15-3-1)56-57-52(40-20-12-24-48-50(40)38-18-7-10-22-45(38)60-48)55-53(58-56)41-31-34(26-30-47(41)62-55)36-27-29-44(51-39-19-8-11-23-46(39)61-54(36)51)59-42-21-9-6-17-37(42)49-35-16-5-4-13-32(35)25-28-43(49)59/h1-31H. The van der Waals surface area contributed by atoms with E-state index in [-0.39, 0.29) is 0 Å². The number of fused-ring (bicyclic) bond motifs is 14. The van der Waals surface area contributed by atoms with Crippen LogP contribution >= 0.6 is 0 Å². The summed E-state index contributed by atoms with van der Waals surface area (Å²) in [5, 5.41) is 9.95. The second kappa shape index (κ2) is 12.5. The maximum atomic E-state index is 6.90. The van der Waals surface area contributed by atoms with E-state index in [0.717, 1.165) is 99.3 Å². The predicted molar refractivity (Wildman–Crippen MR) is 252 cm³/mol. The van der Waals surface area contributed by atoms with Crippen LogP contribution in [0, 0.1) is 0 Å². The average Bonchev–Trinajstić information content (AvgIpc) is 4.10. The van der Waals surface area contributed by atoms with Crippen molar-refractivity contribution in [3.63, 3.8) is 0 Å². The fraction of sp³-hybridized carbons (Fsp3) is 0. The van der Waals surface area contributed by atoms with Crippen molar-refractivity contribution >= 4 is 98.5 Å². The molecule has 14 aromatic rings. The van der Waals surface area contributed by atoms with Crippen LogP contribution in [0.1, 0.15) is 0 Å². The van der Waals surface area contributed by atoms with E-state index >= 15 is 0 Å². The molecule has 0 bridgehead atoms. The lowest BCUT2D eigenvalue weighted by molar-refractivity contribution is 0.666. The second-order valence-electron chi connectivity index (χ2n) is 16.0. The van der Waals surface area contributed by atoms with Crippen molar-refractivity contribution in [1.29, 1.82) is 0 Å². The van der Waals surface area contributed by atoms with Gasteiger partial charge in [-0.15, -0.1) is 0 Å². The highest BCUT2D eigenvalue weighted by atomic mass is 16.3. The Morgan fingerprint density at radius 3 is 1.94 bits per heavy atom. The van der Waals surface area contributed by atoms with Gasteiger partial charge in [0.15, 0.2) is 11.4 Å². The first-order valence-corrected chi connectivity index (χ1v) is 20.8. The van der Waals surface area contributed by atoms with Crippen LogP contribution in [-0.4, -0.2) is 14.5 Å². The molecule has 5 aromatic heterocycles. The number of furan rings is 3. The molecular weight excluding hydrogens is 763 g/mol. The Bertz CT molecular complexity index is 4170. The minimum atomic E-state index is 0.619. The largest absolute Gasteiger partial charge is 0.456 e. The van der Waals surface area contributed by atoms with Crippen LogP contribution in [0.2, 0.25) is 0 Å². The Labute approximate surface area is 352 Å². The Balaban J connectivity index is 1.03. The molecule has 0 N–H and O–H groups in total. The monoisotopic (exact) mass is 793 g/mol. The first-order chi connectivity index (χ1) is 30.7. The highest BCUT2D eigenvalue weighted by molar-refractivity contribution is 6.23. The third-order valence-corrected chi connectivity index (χ3v) is 12.6. The topological polar surface area (TPSA) is 70.1 Å². The summed E-state index contributed by atoms with van der Waals surface area (Å²) < 4.78 is 22.4. The lowest BCUT2D eigenvalue weighted by Gasteiger charge is -2.12. The summed E-state index contributed by atoms with van der Waals surface area (Å²) in [5.41, 5.74) is 13.3. The van der Waals surface area contributed by atoms with Crippen molar-refractivity contribution in [2.45, 2.75) is 0 Å². The van der Waals surface area contributed by atoms with Crippen LogP contribution in [0.25, 0.3) is 138 Å². The second-order valence-corrected chi connectivity index (χ2v) is 16.0. The molecule has 14 rings (SSSR count). The number of nitrogens with zero attached hydrogens (tertiary/aromatic N) is 3. The van der Waals surface area contributed by atoms with Gasteiger partial charge in [-0.3, -0.25) is 0 Å². The Kier molecular flexibility index (Phi) is 6.74. The predicted octanol–water partition coefficient (Wildman–Crippen LogP) is 15.4. The van der Waals surface area contributed by atoms with E-state index in [1.807, 2.05) is 72.8 Å². The summed E-state index contributed by atoms with van der Waals surface area (Å²) in [6.07, 6.45) is 0. The van der Waals surface area contributed by atoms with Gasteiger partial charge in [-0.2, -0.15) is 0 Å². The van der Waals surface area contributed by atoms with Gasteiger partial charge in [0, 0.05) is 49.0 Å². The lowest BCUT2D eigenvalue weighted by Crippen LogP contribution is -1.95. The molecule has 0 aliphatic heterocycles. The Hall–Kier alpha value is -8.48. The van der Waals surface area contributed by atoms with Crippen molar-refractivity contribution in [1.82, 2.24) is 14.5 Å². The van der Waals surface area contributed by atoms with E-state index in [0.29, 0.717) is 17.1 Å². The maximum absolute atomic E-state index is 6.90. The van der Waals surface area contributed by atoms with E-state index in [2.05, 4.69) is 120 Å². The quantitative estimate of drug-likeness (QED) is 0.177. The number of aromatic nitrogens is 3. The van der Waals surface area contributed by atoms with Crippen LogP contribution in [0.5, 0.6) is 0 Å². The summed E-state index contributed by atoms with van der Waals surface area (Å²) in [7, 11) is 0. The van der Waals surface area contributed by atoms with E-state index in [1.54, 1.807) is 0 Å². The van der Waals surface area contributed by atoms with Crippen molar-refractivity contribution in [2.24, 2.45) is 0 Å². The van der Waals surface area contributed by atoms with Gasteiger partial charge >= 0.3 is 0 Å². The highest BCUT2D eigenvalue weighted by Crippen LogP contribution is 2.46. The van der Waals surface area contributed by atoms with Crippen molar-refractivity contribution in [3.05, 3.63) is 188 Å². The lowest BCUT2D eigenvalue weighted by atomic mass is 9.99. The molecule has 0 amide bonds. The smallest absolute Gasteiger partial charge is 0.180 e. The van der Waals surface area contributed by atoms with E-state index < -0.39 is 0 Å². The summed E-state index contributed by atoms with van der Waals surface area (Å²) in [4.78, 5) is 10.5. The molecule has 0 spiro atoms. The summed E-state index contributed by atoms with van der Waals surface area (Å²) in [5.74, 6) is 0.619. The van der Waals surface area contributed by atoms with Gasteiger partial charge in [0.2, 0.25) is 0 Å². The third kappa shape index (κ3) is 4.63. The molecule has 62 heavy (non-hydrogen) atoms. The number of hydrogen-bond acceptors (Lipinski definition) is 5. The van der Waals surface area contributed by atoms with Crippen LogP contribution in [-0.2, 0) is 0 Å². The van der Waals surface area contributed by atoms with E-state index in [1.165, 1.54) is 21.5 Å². The average molecular weight is 794 g/mol. The highest BCUT2D eigenvalue weighted by Gasteiger charge is 2.25. The number of hydrogen-bond donors (Lipinski definition) is 0. The summed E-state index contributed by atoms with van der Waals surface area (Å²) in [6.45, 7) is 0. The zero-order valence-corrected chi connectivity index (χ0v) is 33.0. The molecule has 0 saturated carbocycles. The fourth-order valence-corrected chi connectivity index (χ4v) is 9.91. The van der Waals surface area contributed by atoms with Gasteiger partial charge in [0.1, 0.15) is 39.1 Å². The van der Waals surface area contributed by atoms with Crippen molar-refractivity contribution in [3.8, 4) is 39.5 Å². The minimum Gasteiger partial charge on any atom is -0.456 e. The SMILES string of the molecule is c1ccc(-c2nc(-c3cccc4oc5ccccc5c34)c3oc4ccc(-c5ccc(-n6c7ccccc7c7c8ccccc8ccc76)c6c5oc5ccccc56)cc4c3n2)cc1. The Morgan fingerprint density at radius 1 is 0.371 bits per heavy atom.